The molecule has 0 spiro atoms. The summed E-state index contributed by atoms with van der Waals surface area (Å²) in [6.45, 7) is -1.66. The Labute approximate surface area is 271 Å². The normalized spacial score (nSPS) is 12.6. The summed E-state index contributed by atoms with van der Waals surface area (Å²) >= 11 is 11.1. The van der Waals surface area contributed by atoms with E-state index >= 15 is 0 Å². The van der Waals surface area contributed by atoms with E-state index in [1.54, 1.807) is 30.3 Å². The number of alkyl halides is 2. The first kappa shape index (κ1) is 37.4. The number of carboxylic acid groups (broad SMARTS) is 1. The molecule has 4 amide bonds. The second-order valence-corrected chi connectivity index (χ2v) is 10.7. The topological polar surface area (TPSA) is 243 Å². The van der Waals surface area contributed by atoms with Crippen LogP contribution in [0.15, 0.2) is 54.6 Å². The van der Waals surface area contributed by atoms with Crippen molar-refractivity contribution >= 4 is 64.5 Å². The van der Waals surface area contributed by atoms with Gasteiger partial charge >= 0.3 is 11.9 Å². The smallest absolute Gasteiger partial charge is 0.326 e. The van der Waals surface area contributed by atoms with Crippen molar-refractivity contribution in [2.75, 3.05) is 19.7 Å². The average molecular weight is 684 g/mol. The Kier molecular flexibility index (Phi) is 15.3. The quantitative estimate of drug-likeness (QED) is 0.0539. The first-order valence-electron chi connectivity index (χ1n) is 13.5. The predicted octanol–water partition coefficient (Wildman–Crippen LogP) is 0.285. The molecule has 2 rings (SSSR count). The second-order valence-electron chi connectivity index (χ2n) is 9.59. The van der Waals surface area contributed by atoms with Gasteiger partial charge in [0, 0.05) is 25.0 Å². The monoisotopic (exact) mass is 683 g/mol. The molecule has 0 saturated carbocycles. The van der Waals surface area contributed by atoms with Crippen LogP contribution in [0.5, 0.6) is 0 Å². The highest BCUT2D eigenvalue weighted by Gasteiger charge is 2.27. The van der Waals surface area contributed by atoms with E-state index < -0.39 is 96.1 Å². The fourth-order valence-electron chi connectivity index (χ4n) is 3.76. The number of hydrogen-bond acceptors (Lipinski definition) is 10. The molecule has 0 aliphatic carbocycles. The second kappa shape index (κ2) is 18.9. The summed E-state index contributed by atoms with van der Waals surface area (Å²) in [7, 11) is 0. The lowest BCUT2D eigenvalue weighted by Gasteiger charge is -2.24. The van der Waals surface area contributed by atoms with Crippen LogP contribution >= 0.6 is 23.2 Å². The van der Waals surface area contributed by atoms with Gasteiger partial charge in [0.05, 0.1) is 30.5 Å². The minimum atomic E-state index is -1.51. The van der Waals surface area contributed by atoms with E-state index in [2.05, 4.69) is 21.3 Å². The lowest BCUT2D eigenvalue weighted by Crippen LogP contribution is -2.47. The van der Waals surface area contributed by atoms with Crippen LogP contribution < -0.4 is 21.3 Å². The number of carbonyl (C=O) groups is 6. The van der Waals surface area contributed by atoms with Crippen LogP contribution in [-0.2, 0) is 39.9 Å². The van der Waals surface area contributed by atoms with Crippen molar-refractivity contribution in [3.63, 3.8) is 0 Å². The molecule has 46 heavy (non-hydrogen) atoms. The van der Waals surface area contributed by atoms with Crippen LogP contribution in [0, 0.1) is 10.1 Å². The molecule has 2 aromatic carbocycles. The Morgan fingerprint density at radius 1 is 0.848 bits per heavy atom. The molecule has 0 fully saturated rings. The van der Waals surface area contributed by atoms with Gasteiger partial charge in [-0.3, -0.25) is 34.1 Å². The Balaban J connectivity index is 1.76. The molecule has 16 nitrogen and oxygen atoms in total. The summed E-state index contributed by atoms with van der Waals surface area (Å²) in [5.74, 6) is -5.29. The van der Waals surface area contributed by atoms with Gasteiger partial charge in [0.15, 0.2) is 4.84 Å². The van der Waals surface area contributed by atoms with E-state index in [4.69, 9.17) is 27.9 Å². The van der Waals surface area contributed by atoms with Gasteiger partial charge in [-0.25, -0.2) is 4.79 Å². The number of carbonyl (C=O) groups excluding carboxylic acids is 5. The van der Waals surface area contributed by atoms with Gasteiger partial charge in [0.25, 0.3) is 11.6 Å². The van der Waals surface area contributed by atoms with Crippen LogP contribution in [0.4, 0.5) is 5.69 Å². The molecule has 6 N–H and O–H groups in total. The average Bonchev–Trinajstić information content (AvgIpc) is 3.03. The number of nitro benzene ring substituents is 1. The van der Waals surface area contributed by atoms with Crippen LogP contribution in [0.1, 0.15) is 30.1 Å². The van der Waals surface area contributed by atoms with E-state index in [0.29, 0.717) is 5.56 Å². The zero-order chi connectivity index (χ0) is 34.2. The summed E-state index contributed by atoms with van der Waals surface area (Å²) in [6, 6.07) is 10.9. The van der Waals surface area contributed by atoms with E-state index in [1.165, 1.54) is 12.1 Å². The Bertz CT molecular complexity index is 1390. The van der Waals surface area contributed by atoms with Crippen molar-refractivity contribution in [2.45, 2.75) is 42.3 Å². The summed E-state index contributed by atoms with van der Waals surface area (Å²) in [4.78, 5) is 80.7. The molecule has 0 saturated heterocycles. The summed E-state index contributed by atoms with van der Waals surface area (Å²) in [6.07, 6.45) is -2.31. The molecule has 248 valence electrons. The number of nitrogens with one attached hydrogen (secondary N) is 4. The molecule has 0 radical (unpaired) electrons. The molecule has 0 aliphatic heterocycles. The largest absolute Gasteiger partial charge is 0.480 e. The third-order valence-electron chi connectivity index (χ3n) is 6.14. The van der Waals surface area contributed by atoms with Crippen molar-refractivity contribution in [1.82, 2.24) is 21.3 Å². The van der Waals surface area contributed by atoms with Gasteiger partial charge in [-0.05, 0) is 23.3 Å². The van der Waals surface area contributed by atoms with E-state index in [0.717, 1.165) is 12.1 Å². The third-order valence-corrected chi connectivity index (χ3v) is 6.54. The van der Waals surface area contributed by atoms with Crippen molar-refractivity contribution in [3.05, 3.63) is 75.8 Å². The number of aliphatic hydroxyl groups excluding tert-OH is 1. The number of halogens is 2. The lowest BCUT2D eigenvalue weighted by atomic mass is 10.0. The van der Waals surface area contributed by atoms with Crippen molar-refractivity contribution in [3.8, 4) is 0 Å². The number of aliphatic hydroxyl groups is 1. The van der Waals surface area contributed by atoms with Gasteiger partial charge in [-0.15, -0.1) is 0 Å². The number of aliphatic carboxylic acids is 1. The van der Waals surface area contributed by atoms with Gasteiger partial charge in [-0.2, -0.15) is 0 Å². The number of hydrogen-bond donors (Lipinski definition) is 6. The predicted molar refractivity (Wildman–Crippen MR) is 161 cm³/mol. The molecule has 2 aromatic rings. The fraction of sp³-hybridized carbons (Fsp3) is 0.357. The Morgan fingerprint density at radius 2 is 1.46 bits per heavy atom. The highest BCUT2D eigenvalue weighted by molar-refractivity contribution is 6.53. The van der Waals surface area contributed by atoms with E-state index in [1.807, 2.05) is 0 Å². The number of nitro groups is 1. The number of ether oxygens (including phenoxy) is 1. The highest BCUT2D eigenvalue weighted by atomic mass is 35.5. The van der Waals surface area contributed by atoms with E-state index in [-0.39, 0.29) is 17.7 Å². The van der Waals surface area contributed by atoms with Gasteiger partial charge < -0.3 is 36.2 Å². The van der Waals surface area contributed by atoms with E-state index in [9.17, 15) is 49.1 Å². The molecule has 0 aliphatic rings. The van der Waals surface area contributed by atoms with Crippen LogP contribution in [0.2, 0.25) is 0 Å². The summed E-state index contributed by atoms with van der Waals surface area (Å²) in [5.41, 5.74) is 0.596. The maximum absolute atomic E-state index is 12.2. The molecule has 0 unspecified atom stereocenters. The van der Waals surface area contributed by atoms with Crippen LogP contribution in [0.25, 0.3) is 0 Å². The fourth-order valence-corrected chi connectivity index (χ4v) is 3.88. The molecular weight excluding hydrogens is 653 g/mol. The number of rotatable bonds is 18. The van der Waals surface area contributed by atoms with Crippen LogP contribution in [0.3, 0.4) is 0 Å². The maximum atomic E-state index is 12.2. The zero-order valence-electron chi connectivity index (χ0n) is 24.0. The lowest BCUT2D eigenvalue weighted by molar-refractivity contribution is -0.384. The third kappa shape index (κ3) is 13.5. The number of nitrogens with zero attached hydrogens (tertiary/aromatic N) is 1. The SMILES string of the molecule is O=C(CCC(=O)OC[C@@H](NC(=O)C(Cl)Cl)[C@H](O)c1ccc([N+](=O)[O-])cc1)NCC(=O)NCC(=O)N[C@H](Cc1ccccc1)C(=O)O. The number of amides is 4. The minimum Gasteiger partial charge on any atom is -0.480 e. The minimum absolute atomic E-state index is 0.0331. The Hall–Kier alpha value is -4.80. The molecule has 0 aromatic heterocycles. The van der Waals surface area contributed by atoms with Gasteiger partial charge in [0.2, 0.25) is 17.7 Å². The zero-order valence-corrected chi connectivity index (χ0v) is 25.5. The molecule has 0 heterocycles. The maximum Gasteiger partial charge on any atom is 0.326 e. The number of non-ortho nitro benzene ring substituents is 1. The van der Waals surface area contributed by atoms with Gasteiger partial charge in [-0.1, -0.05) is 53.5 Å². The molecular formula is C28H31Cl2N5O11. The van der Waals surface area contributed by atoms with Crippen molar-refractivity contribution in [1.29, 1.82) is 0 Å². The number of esters is 1. The molecule has 18 heteroatoms. The summed E-state index contributed by atoms with van der Waals surface area (Å²) in [5, 5.41) is 40.0. The van der Waals surface area contributed by atoms with Crippen molar-refractivity contribution < 1.29 is 48.6 Å². The number of carboxylic acids is 1. The highest BCUT2D eigenvalue weighted by Crippen LogP contribution is 2.21. The van der Waals surface area contributed by atoms with Crippen LogP contribution in [-0.4, -0.2) is 87.3 Å². The molecule has 0 bridgehead atoms. The first-order valence-corrected chi connectivity index (χ1v) is 14.4. The first-order chi connectivity index (χ1) is 21.8. The summed E-state index contributed by atoms with van der Waals surface area (Å²) < 4.78 is 5.06. The van der Waals surface area contributed by atoms with Crippen molar-refractivity contribution in [2.24, 2.45) is 0 Å². The number of benzene rings is 2. The standard InChI is InChI=1S/C28H31Cl2N5O11/c29-26(30)27(41)34-20(25(40)17-6-8-18(9-7-17)35(44)45)15-46-24(39)11-10-21(36)31-13-22(37)32-14-23(38)33-19(28(42)43)12-16-4-2-1-3-5-16/h1-9,19-20,25-26,40H,10-15H2,(H,31,36)(H,32,37)(H,33,38)(H,34,41)(H,42,43)/t19-,20-,25-/m1/s1. The van der Waals surface area contributed by atoms with Gasteiger partial charge in [0.1, 0.15) is 18.8 Å². The molecule has 3 atom stereocenters. The Morgan fingerprint density at radius 3 is 2.04 bits per heavy atom.